The highest BCUT2D eigenvalue weighted by molar-refractivity contribution is 7.92. The van der Waals surface area contributed by atoms with Crippen LogP contribution in [0.3, 0.4) is 0 Å². The maximum absolute atomic E-state index is 15.4. The van der Waals surface area contributed by atoms with Crippen molar-refractivity contribution < 1.29 is 26.3 Å². The van der Waals surface area contributed by atoms with Crippen molar-refractivity contribution in [1.29, 1.82) is 0 Å². The lowest BCUT2D eigenvalue weighted by atomic mass is 10.1. The van der Waals surface area contributed by atoms with E-state index in [1.165, 1.54) is 24.4 Å². The summed E-state index contributed by atoms with van der Waals surface area (Å²) in [5.74, 6) is -3.01. The minimum Gasteiger partial charge on any atom is -0.384 e. The number of nitrogens with zero attached hydrogens (tertiary/aromatic N) is 4. The number of benzene rings is 2. The molecule has 42 heavy (non-hydrogen) atoms. The highest BCUT2D eigenvalue weighted by Crippen LogP contribution is 2.31. The number of ether oxygens (including phenoxy) is 1. The Morgan fingerprint density at radius 1 is 0.857 bits per heavy atom. The fraction of sp³-hybridized carbons (Fsp3) is 0.143. The molecular weight excluding hydrogens is 571 g/mol. The molecule has 0 amide bonds. The van der Waals surface area contributed by atoms with Crippen molar-refractivity contribution in [2.75, 3.05) is 29.4 Å². The average Bonchev–Trinajstić information content (AvgIpc) is 2.95. The van der Waals surface area contributed by atoms with E-state index in [-0.39, 0.29) is 28.4 Å². The lowest BCUT2D eigenvalue weighted by molar-refractivity contribution is 0.162. The van der Waals surface area contributed by atoms with Gasteiger partial charge in [-0.25, -0.2) is 41.5 Å². The summed E-state index contributed by atoms with van der Waals surface area (Å²) in [6, 6.07) is 12.7. The maximum Gasteiger partial charge on any atom is 0.267 e. The van der Waals surface area contributed by atoms with Crippen LogP contribution in [0.4, 0.5) is 30.5 Å². The second-order valence-corrected chi connectivity index (χ2v) is 10.2. The van der Waals surface area contributed by atoms with E-state index in [0.717, 1.165) is 37.5 Å². The Balaban J connectivity index is 0.000000748. The number of sulfonamides is 1. The van der Waals surface area contributed by atoms with Gasteiger partial charge in [0.1, 0.15) is 23.0 Å². The van der Waals surface area contributed by atoms with E-state index in [1.807, 2.05) is 18.6 Å². The molecule has 0 aliphatic rings. The van der Waals surface area contributed by atoms with Gasteiger partial charge in [0.15, 0.2) is 22.4 Å². The Morgan fingerprint density at radius 2 is 1.55 bits per heavy atom. The molecule has 0 radical (unpaired) electrons. The van der Waals surface area contributed by atoms with Crippen LogP contribution in [-0.2, 0) is 14.8 Å². The standard InChI is InChI=1S/C24H16F3N7O2S.C4H10O/c25-14-4-2-5-15(26)22(14)37(35,36)34-17-6-1-3-13(20(17)27)16-8-9-18-21(31-16)23(29)33-24(32-18)12-7-10-19(28)30-11-12;1-3-5-4-2/h1-11,34H,(H2,28,30)(H2,29,32,33);3-4H2,1-2H3. The highest BCUT2D eigenvalue weighted by atomic mass is 32.2. The minimum atomic E-state index is -4.78. The Hall–Kier alpha value is -4.82. The molecule has 0 atom stereocenters. The van der Waals surface area contributed by atoms with E-state index in [2.05, 4.69) is 19.9 Å². The smallest absolute Gasteiger partial charge is 0.267 e. The molecule has 0 aliphatic carbocycles. The number of nitrogens with two attached hydrogens (primary N) is 2. The number of pyridine rings is 2. The SMILES string of the molecule is CCOCC.Nc1ccc(-c2nc(N)c3nc(-c4cccc(NS(=O)(=O)c5c(F)cccc5F)c4F)ccc3n2)cn1. The van der Waals surface area contributed by atoms with Crippen LogP contribution < -0.4 is 16.2 Å². The third-order valence-electron chi connectivity index (χ3n) is 5.73. The molecule has 0 bridgehead atoms. The molecule has 218 valence electrons. The topological polar surface area (TPSA) is 159 Å². The summed E-state index contributed by atoms with van der Waals surface area (Å²) in [4.78, 5) is 15.8. The number of aromatic nitrogens is 4. The monoisotopic (exact) mass is 597 g/mol. The van der Waals surface area contributed by atoms with E-state index >= 15 is 4.39 Å². The van der Waals surface area contributed by atoms with Crippen molar-refractivity contribution >= 4 is 38.4 Å². The lowest BCUT2D eigenvalue weighted by Crippen LogP contribution is -2.17. The van der Waals surface area contributed by atoms with E-state index in [9.17, 15) is 17.2 Å². The van der Waals surface area contributed by atoms with Gasteiger partial charge < -0.3 is 16.2 Å². The first kappa shape index (κ1) is 30.1. The Labute approximate surface area is 239 Å². The molecule has 0 saturated heterocycles. The van der Waals surface area contributed by atoms with Crippen LogP contribution in [-0.4, -0.2) is 41.6 Å². The zero-order valence-electron chi connectivity index (χ0n) is 22.5. The second kappa shape index (κ2) is 12.8. The van der Waals surface area contributed by atoms with Crippen molar-refractivity contribution in [2.24, 2.45) is 0 Å². The van der Waals surface area contributed by atoms with Crippen LogP contribution in [0, 0.1) is 17.5 Å². The third kappa shape index (κ3) is 6.56. The lowest BCUT2D eigenvalue weighted by Gasteiger charge is -2.13. The zero-order valence-corrected chi connectivity index (χ0v) is 23.3. The molecule has 10 nitrogen and oxygen atoms in total. The minimum absolute atomic E-state index is 0.0194. The predicted molar refractivity (Wildman–Crippen MR) is 154 cm³/mol. The van der Waals surface area contributed by atoms with Crippen molar-refractivity contribution in [3.8, 4) is 22.6 Å². The summed E-state index contributed by atoms with van der Waals surface area (Å²) in [5.41, 5.74) is 12.3. The van der Waals surface area contributed by atoms with Gasteiger partial charge in [0.05, 0.1) is 16.9 Å². The molecule has 2 aromatic carbocycles. The normalized spacial score (nSPS) is 11.2. The first-order chi connectivity index (χ1) is 20.1. The second-order valence-electron chi connectivity index (χ2n) is 8.57. The van der Waals surface area contributed by atoms with E-state index < -0.39 is 38.1 Å². The van der Waals surface area contributed by atoms with Gasteiger partial charge >= 0.3 is 0 Å². The van der Waals surface area contributed by atoms with Gasteiger partial charge in [-0.05, 0) is 62.4 Å². The molecule has 5 N–H and O–H groups in total. The van der Waals surface area contributed by atoms with Gasteiger partial charge in [0, 0.05) is 30.5 Å². The third-order valence-corrected chi connectivity index (χ3v) is 7.14. The van der Waals surface area contributed by atoms with Crippen LogP contribution in [0.5, 0.6) is 0 Å². The largest absolute Gasteiger partial charge is 0.384 e. The van der Waals surface area contributed by atoms with Gasteiger partial charge in [-0.2, -0.15) is 0 Å². The van der Waals surface area contributed by atoms with Crippen molar-refractivity contribution in [1.82, 2.24) is 19.9 Å². The number of nitrogens with one attached hydrogen (secondary N) is 1. The summed E-state index contributed by atoms with van der Waals surface area (Å²) < 4.78 is 75.4. The number of hydrogen-bond donors (Lipinski definition) is 3. The first-order valence-corrected chi connectivity index (χ1v) is 14.0. The van der Waals surface area contributed by atoms with Crippen LogP contribution in [0.15, 0.2) is 71.8 Å². The van der Waals surface area contributed by atoms with Gasteiger partial charge in [-0.15, -0.1) is 0 Å². The van der Waals surface area contributed by atoms with Crippen LogP contribution >= 0.6 is 0 Å². The van der Waals surface area contributed by atoms with Gasteiger partial charge in [-0.3, -0.25) is 4.72 Å². The molecule has 5 aromatic rings. The van der Waals surface area contributed by atoms with Gasteiger partial charge in [0.2, 0.25) is 0 Å². The number of anilines is 3. The number of fused-ring (bicyclic) bond motifs is 1. The molecule has 3 aromatic heterocycles. The Kier molecular flexibility index (Phi) is 9.18. The molecule has 0 spiro atoms. The highest BCUT2D eigenvalue weighted by Gasteiger charge is 2.26. The van der Waals surface area contributed by atoms with Crippen LogP contribution in [0.25, 0.3) is 33.7 Å². The van der Waals surface area contributed by atoms with Gasteiger partial charge in [-0.1, -0.05) is 12.1 Å². The fourth-order valence-electron chi connectivity index (χ4n) is 3.80. The molecule has 14 heteroatoms. The molecule has 0 saturated carbocycles. The summed E-state index contributed by atoms with van der Waals surface area (Å²) in [6.07, 6.45) is 1.49. The predicted octanol–water partition coefficient (Wildman–Crippen LogP) is 5.18. The molecule has 0 unspecified atom stereocenters. The number of hydrogen-bond acceptors (Lipinski definition) is 9. The number of rotatable bonds is 7. The van der Waals surface area contributed by atoms with E-state index in [1.54, 1.807) is 18.2 Å². The Bertz CT molecular complexity index is 1820. The van der Waals surface area contributed by atoms with Gasteiger partial charge in [0.25, 0.3) is 10.0 Å². The van der Waals surface area contributed by atoms with Crippen LogP contribution in [0.1, 0.15) is 13.8 Å². The fourth-order valence-corrected chi connectivity index (χ4v) is 5.00. The van der Waals surface area contributed by atoms with E-state index in [4.69, 9.17) is 16.2 Å². The first-order valence-electron chi connectivity index (χ1n) is 12.5. The zero-order chi connectivity index (χ0) is 30.4. The molecular formula is C28H26F3N7O3S. The molecule has 3 heterocycles. The van der Waals surface area contributed by atoms with Crippen molar-refractivity contribution in [3.05, 3.63) is 84.3 Å². The molecule has 5 rings (SSSR count). The summed E-state index contributed by atoms with van der Waals surface area (Å²) in [6.45, 7) is 5.67. The molecule has 0 aliphatic heterocycles. The molecule has 0 fully saturated rings. The maximum atomic E-state index is 15.4. The van der Waals surface area contributed by atoms with Crippen LogP contribution in [0.2, 0.25) is 0 Å². The van der Waals surface area contributed by atoms with Crippen molar-refractivity contribution in [2.45, 2.75) is 18.7 Å². The summed E-state index contributed by atoms with van der Waals surface area (Å²) in [7, 11) is -4.78. The summed E-state index contributed by atoms with van der Waals surface area (Å²) in [5, 5.41) is 0. The summed E-state index contributed by atoms with van der Waals surface area (Å²) >= 11 is 0. The van der Waals surface area contributed by atoms with E-state index in [0.29, 0.717) is 16.9 Å². The Morgan fingerprint density at radius 3 is 2.17 bits per heavy atom. The number of halogens is 3. The quantitative estimate of drug-likeness (QED) is 0.230. The number of nitrogen functional groups attached to an aromatic ring is 2. The average molecular weight is 598 g/mol. The van der Waals surface area contributed by atoms with Crippen molar-refractivity contribution in [3.63, 3.8) is 0 Å².